The predicted octanol–water partition coefficient (Wildman–Crippen LogP) is 2.13. The molecule has 5 heteroatoms. The van der Waals surface area contributed by atoms with Crippen molar-refractivity contribution in [1.82, 2.24) is 9.59 Å². The van der Waals surface area contributed by atoms with Crippen molar-refractivity contribution in [3.63, 3.8) is 0 Å². The van der Waals surface area contributed by atoms with Crippen molar-refractivity contribution in [2.24, 2.45) is 5.73 Å². The number of nitrogens with zero attached hydrogens (tertiary/aromatic N) is 2. The van der Waals surface area contributed by atoms with Gasteiger partial charge in [0.05, 0.1) is 23.2 Å². The van der Waals surface area contributed by atoms with Gasteiger partial charge in [-0.15, -0.1) is 5.10 Å². The summed E-state index contributed by atoms with van der Waals surface area (Å²) in [5.74, 6) is 0.922. The van der Waals surface area contributed by atoms with Crippen LogP contribution < -0.4 is 10.5 Å². The normalized spacial score (nSPS) is 16.8. The fraction of sp³-hybridized carbons (Fsp3) is 0.333. The van der Waals surface area contributed by atoms with E-state index in [1.165, 1.54) is 24.4 Å². The van der Waals surface area contributed by atoms with Crippen LogP contribution in [0, 0.1) is 0 Å². The highest BCUT2D eigenvalue weighted by atomic mass is 32.1. The number of benzene rings is 1. The zero-order valence-corrected chi connectivity index (χ0v) is 10.1. The Morgan fingerprint density at radius 3 is 2.65 bits per heavy atom. The summed E-state index contributed by atoms with van der Waals surface area (Å²) in [6, 6.07) is 7.80. The molecule has 0 radical (unpaired) electrons. The number of nitrogens with two attached hydrogens (primary N) is 1. The van der Waals surface area contributed by atoms with Gasteiger partial charge in [0.15, 0.2) is 0 Å². The van der Waals surface area contributed by atoms with Crippen molar-refractivity contribution in [2.45, 2.75) is 25.0 Å². The van der Waals surface area contributed by atoms with Gasteiger partial charge in [-0.1, -0.05) is 16.6 Å². The van der Waals surface area contributed by atoms with Gasteiger partial charge in [-0.05, 0) is 42.1 Å². The first kappa shape index (κ1) is 10.7. The van der Waals surface area contributed by atoms with Crippen molar-refractivity contribution in [3.8, 4) is 5.75 Å². The van der Waals surface area contributed by atoms with Crippen LogP contribution in [0.25, 0.3) is 0 Å². The molecule has 2 aromatic rings. The van der Waals surface area contributed by atoms with E-state index in [4.69, 9.17) is 10.5 Å². The maximum absolute atomic E-state index is 6.11. The Kier molecular flexibility index (Phi) is 2.78. The molecule has 4 nitrogen and oxygen atoms in total. The minimum absolute atomic E-state index is 0.148. The van der Waals surface area contributed by atoms with Crippen molar-refractivity contribution in [3.05, 3.63) is 40.9 Å². The van der Waals surface area contributed by atoms with E-state index in [2.05, 4.69) is 9.59 Å². The molecule has 1 aromatic heterocycles. The SMILES string of the molecule is NC(c1ccc(OC2CC2)cc1)c1cnns1. The van der Waals surface area contributed by atoms with Crippen LogP contribution >= 0.6 is 11.5 Å². The van der Waals surface area contributed by atoms with Crippen LogP contribution in [-0.2, 0) is 0 Å². The van der Waals surface area contributed by atoms with Gasteiger partial charge in [0.1, 0.15) is 5.75 Å². The first-order valence-electron chi connectivity index (χ1n) is 5.62. The molecule has 0 saturated heterocycles. The van der Waals surface area contributed by atoms with Gasteiger partial charge >= 0.3 is 0 Å². The van der Waals surface area contributed by atoms with E-state index >= 15 is 0 Å². The van der Waals surface area contributed by atoms with E-state index in [0.717, 1.165) is 16.2 Å². The lowest BCUT2D eigenvalue weighted by molar-refractivity contribution is 0.303. The first-order valence-corrected chi connectivity index (χ1v) is 6.40. The van der Waals surface area contributed by atoms with Gasteiger partial charge in [-0.3, -0.25) is 0 Å². The second-order valence-electron chi connectivity index (χ2n) is 4.18. The van der Waals surface area contributed by atoms with Crippen LogP contribution in [0.4, 0.5) is 0 Å². The number of hydrogen-bond acceptors (Lipinski definition) is 5. The molecule has 0 spiro atoms. The largest absolute Gasteiger partial charge is 0.490 e. The Balaban J connectivity index is 1.74. The Labute approximate surface area is 104 Å². The molecule has 1 unspecified atom stereocenters. The molecule has 1 aromatic carbocycles. The van der Waals surface area contributed by atoms with Gasteiger partial charge in [-0.2, -0.15) is 0 Å². The summed E-state index contributed by atoms with van der Waals surface area (Å²) in [5, 5.41) is 3.80. The Bertz CT molecular complexity index is 479. The van der Waals surface area contributed by atoms with Gasteiger partial charge < -0.3 is 10.5 Å². The summed E-state index contributed by atoms with van der Waals surface area (Å²) in [4.78, 5) is 0.973. The van der Waals surface area contributed by atoms with E-state index in [1.54, 1.807) is 6.20 Å². The quantitative estimate of drug-likeness (QED) is 0.899. The minimum Gasteiger partial charge on any atom is -0.490 e. The second-order valence-corrected chi connectivity index (χ2v) is 5.00. The summed E-state index contributed by atoms with van der Waals surface area (Å²) >= 11 is 1.33. The zero-order valence-electron chi connectivity index (χ0n) is 9.24. The molecule has 1 fully saturated rings. The van der Waals surface area contributed by atoms with Gasteiger partial charge in [0.2, 0.25) is 0 Å². The first-order chi connectivity index (χ1) is 8.33. The molecule has 17 heavy (non-hydrogen) atoms. The van der Waals surface area contributed by atoms with Crippen LogP contribution in [0.1, 0.15) is 29.3 Å². The molecular formula is C12H13N3OS. The Morgan fingerprint density at radius 1 is 1.29 bits per heavy atom. The summed E-state index contributed by atoms with van der Waals surface area (Å²) in [5.41, 5.74) is 7.17. The number of hydrogen-bond donors (Lipinski definition) is 1. The lowest BCUT2D eigenvalue weighted by Crippen LogP contribution is -2.10. The standard InChI is InChI=1S/C12H13N3OS/c13-12(11-7-14-15-17-11)8-1-3-9(4-2-8)16-10-5-6-10/h1-4,7,10,12H,5-6,13H2. The maximum Gasteiger partial charge on any atom is 0.119 e. The zero-order chi connectivity index (χ0) is 11.7. The average molecular weight is 247 g/mol. The fourth-order valence-electron chi connectivity index (χ4n) is 1.61. The fourth-order valence-corrected chi connectivity index (χ4v) is 2.14. The van der Waals surface area contributed by atoms with Crippen molar-refractivity contribution >= 4 is 11.5 Å². The number of ether oxygens (including phenoxy) is 1. The van der Waals surface area contributed by atoms with E-state index in [9.17, 15) is 0 Å². The molecule has 1 heterocycles. The van der Waals surface area contributed by atoms with E-state index < -0.39 is 0 Å². The number of rotatable bonds is 4. The second kappa shape index (κ2) is 4.43. The van der Waals surface area contributed by atoms with Crippen molar-refractivity contribution in [2.75, 3.05) is 0 Å². The molecule has 2 N–H and O–H groups in total. The number of aromatic nitrogens is 2. The Hall–Kier alpha value is -1.46. The monoisotopic (exact) mass is 247 g/mol. The van der Waals surface area contributed by atoms with Crippen LogP contribution in [0.15, 0.2) is 30.5 Å². The smallest absolute Gasteiger partial charge is 0.119 e. The van der Waals surface area contributed by atoms with Gasteiger partial charge in [0.25, 0.3) is 0 Å². The third kappa shape index (κ3) is 2.45. The third-order valence-corrected chi connectivity index (χ3v) is 3.50. The van der Waals surface area contributed by atoms with Crippen LogP contribution in [0.3, 0.4) is 0 Å². The molecule has 0 bridgehead atoms. The van der Waals surface area contributed by atoms with Crippen molar-refractivity contribution in [1.29, 1.82) is 0 Å². The molecule has 3 rings (SSSR count). The van der Waals surface area contributed by atoms with Crippen molar-refractivity contribution < 1.29 is 4.74 Å². The van der Waals surface area contributed by atoms with E-state index in [-0.39, 0.29) is 6.04 Å². The summed E-state index contributed by atoms with van der Waals surface area (Å²) in [6.07, 6.45) is 4.49. The van der Waals surface area contributed by atoms with Crippen LogP contribution in [-0.4, -0.2) is 15.7 Å². The third-order valence-electron chi connectivity index (χ3n) is 2.75. The highest BCUT2D eigenvalue weighted by Gasteiger charge is 2.23. The summed E-state index contributed by atoms with van der Waals surface area (Å²) < 4.78 is 9.51. The lowest BCUT2D eigenvalue weighted by atomic mass is 10.1. The molecule has 0 amide bonds. The summed E-state index contributed by atoms with van der Waals surface area (Å²) in [7, 11) is 0. The van der Waals surface area contributed by atoms with Crippen LogP contribution in [0.5, 0.6) is 5.75 Å². The molecule has 1 aliphatic rings. The molecule has 1 aliphatic carbocycles. The van der Waals surface area contributed by atoms with Crippen LogP contribution in [0.2, 0.25) is 0 Å². The molecule has 1 atom stereocenters. The highest BCUT2D eigenvalue weighted by Crippen LogP contribution is 2.28. The van der Waals surface area contributed by atoms with E-state index in [1.807, 2.05) is 24.3 Å². The lowest BCUT2D eigenvalue weighted by Gasteiger charge is -2.10. The van der Waals surface area contributed by atoms with Gasteiger partial charge in [0, 0.05) is 0 Å². The van der Waals surface area contributed by atoms with E-state index in [0.29, 0.717) is 6.10 Å². The molecule has 0 aliphatic heterocycles. The van der Waals surface area contributed by atoms with Gasteiger partial charge in [-0.25, -0.2) is 0 Å². The Morgan fingerprint density at radius 2 is 2.06 bits per heavy atom. The molecule has 88 valence electrons. The predicted molar refractivity (Wildman–Crippen MR) is 66.0 cm³/mol. The molecular weight excluding hydrogens is 234 g/mol. The minimum atomic E-state index is -0.148. The average Bonchev–Trinajstić information content (AvgIpc) is 3.00. The molecule has 1 saturated carbocycles. The highest BCUT2D eigenvalue weighted by molar-refractivity contribution is 7.05. The maximum atomic E-state index is 6.11. The summed E-state index contributed by atoms with van der Waals surface area (Å²) in [6.45, 7) is 0. The topological polar surface area (TPSA) is 61.0 Å².